The molecule has 0 bridgehead atoms. The molecule has 1 N–H and O–H groups in total. The van der Waals surface area contributed by atoms with Gasteiger partial charge in [0.2, 0.25) is 5.91 Å². The Kier molecular flexibility index (Phi) is 6.29. The first-order valence-corrected chi connectivity index (χ1v) is 7.60. The number of carbonyl (C=O) groups excluding carboxylic acids is 1. The lowest BCUT2D eigenvalue weighted by atomic mass is 10.1. The van der Waals surface area contributed by atoms with Gasteiger partial charge in [-0.3, -0.25) is 4.79 Å². The first-order valence-electron chi connectivity index (χ1n) is 7.60. The van der Waals surface area contributed by atoms with E-state index in [1.54, 1.807) is 18.2 Å². The van der Waals surface area contributed by atoms with Crippen molar-refractivity contribution in [3.8, 4) is 11.3 Å². The monoisotopic (exact) mass is 320 g/mol. The number of nitrogens with zero attached hydrogens (tertiary/aromatic N) is 1. The zero-order valence-corrected chi connectivity index (χ0v) is 13.3. The Balaban J connectivity index is 1.74. The van der Waals surface area contributed by atoms with Gasteiger partial charge in [0.25, 0.3) is 0 Å². The van der Waals surface area contributed by atoms with E-state index in [1.807, 2.05) is 0 Å². The summed E-state index contributed by atoms with van der Waals surface area (Å²) in [6.45, 7) is 5.02. The third-order valence-electron chi connectivity index (χ3n) is 3.21. The third kappa shape index (κ3) is 5.83. The molecular formula is C17H21FN2O3. The molecule has 124 valence electrons. The number of ether oxygens (including phenoxy) is 1. The minimum atomic E-state index is -0.305. The number of amides is 1. The highest BCUT2D eigenvalue weighted by Gasteiger charge is 2.08. The summed E-state index contributed by atoms with van der Waals surface area (Å²) in [4.78, 5) is 11.6. The van der Waals surface area contributed by atoms with E-state index in [0.717, 1.165) is 12.0 Å². The van der Waals surface area contributed by atoms with Crippen molar-refractivity contribution in [3.05, 3.63) is 41.8 Å². The first-order chi connectivity index (χ1) is 11.0. The molecule has 2 rings (SSSR count). The molecule has 1 heterocycles. The lowest BCUT2D eigenvalue weighted by Crippen LogP contribution is -2.29. The number of aromatic nitrogens is 1. The summed E-state index contributed by atoms with van der Waals surface area (Å²) >= 11 is 0. The molecule has 23 heavy (non-hydrogen) atoms. The third-order valence-corrected chi connectivity index (χ3v) is 3.21. The smallest absolute Gasteiger partial charge is 0.246 e. The van der Waals surface area contributed by atoms with Crippen LogP contribution in [-0.4, -0.2) is 24.2 Å². The van der Waals surface area contributed by atoms with Crippen LogP contribution in [0.2, 0.25) is 0 Å². The number of hydrogen-bond acceptors (Lipinski definition) is 4. The van der Waals surface area contributed by atoms with Gasteiger partial charge in [-0.1, -0.05) is 19.0 Å². The predicted octanol–water partition coefficient (Wildman–Crippen LogP) is 3.16. The van der Waals surface area contributed by atoms with Crippen LogP contribution >= 0.6 is 0 Å². The fourth-order valence-electron chi connectivity index (χ4n) is 1.93. The van der Waals surface area contributed by atoms with Crippen LogP contribution in [0.4, 0.5) is 4.39 Å². The zero-order chi connectivity index (χ0) is 16.7. The molecule has 0 saturated heterocycles. The van der Waals surface area contributed by atoms with Gasteiger partial charge in [-0.25, -0.2) is 4.39 Å². The Morgan fingerprint density at radius 3 is 2.78 bits per heavy atom. The van der Waals surface area contributed by atoms with E-state index in [1.165, 1.54) is 12.1 Å². The molecule has 5 nitrogen and oxygen atoms in total. The lowest BCUT2D eigenvalue weighted by Gasteiger charge is -2.07. The van der Waals surface area contributed by atoms with Crippen LogP contribution in [0.5, 0.6) is 0 Å². The van der Waals surface area contributed by atoms with Gasteiger partial charge >= 0.3 is 0 Å². The number of benzene rings is 1. The fraction of sp³-hybridized carbons (Fsp3) is 0.412. The van der Waals surface area contributed by atoms with Crippen molar-refractivity contribution in [2.45, 2.75) is 26.9 Å². The second-order valence-corrected chi connectivity index (χ2v) is 5.71. The van der Waals surface area contributed by atoms with Crippen molar-refractivity contribution < 1.29 is 18.4 Å². The highest BCUT2D eigenvalue weighted by atomic mass is 19.1. The quantitative estimate of drug-likeness (QED) is 0.811. The molecule has 1 amide bonds. The normalized spacial score (nSPS) is 11.0. The minimum Gasteiger partial charge on any atom is -0.365 e. The van der Waals surface area contributed by atoms with Gasteiger partial charge in [0.1, 0.15) is 18.1 Å². The highest BCUT2D eigenvalue weighted by molar-refractivity contribution is 5.77. The standard InChI is InChI=1S/C17H21FN2O3/c1-12(2)7-8-19-17(21)11-22-10-15-9-16(23-20-15)13-3-5-14(18)6-4-13/h3-6,9,12H,7-8,10-11H2,1-2H3,(H,19,21). The molecule has 0 saturated carbocycles. The topological polar surface area (TPSA) is 64.4 Å². The molecule has 0 spiro atoms. The van der Waals surface area contributed by atoms with Crippen LogP contribution in [0.25, 0.3) is 11.3 Å². The fourth-order valence-corrected chi connectivity index (χ4v) is 1.93. The van der Waals surface area contributed by atoms with E-state index in [4.69, 9.17) is 9.26 Å². The molecule has 6 heteroatoms. The van der Waals surface area contributed by atoms with Crippen molar-refractivity contribution in [1.29, 1.82) is 0 Å². The van der Waals surface area contributed by atoms with Crippen molar-refractivity contribution in [2.24, 2.45) is 5.92 Å². The summed E-state index contributed by atoms with van der Waals surface area (Å²) in [5.74, 6) is 0.634. The number of rotatable bonds is 8. The summed E-state index contributed by atoms with van der Waals surface area (Å²) in [5.41, 5.74) is 1.32. The van der Waals surface area contributed by atoms with Crippen LogP contribution in [-0.2, 0) is 16.1 Å². The summed E-state index contributed by atoms with van der Waals surface area (Å²) in [6, 6.07) is 7.65. The predicted molar refractivity (Wildman–Crippen MR) is 84.0 cm³/mol. The van der Waals surface area contributed by atoms with Crippen molar-refractivity contribution >= 4 is 5.91 Å². The first kappa shape index (κ1) is 17.1. The lowest BCUT2D eigenvalue weighted by molar-refractivity contribution is -0.126. The van der Waals surface area contributed by atoms with Gasteiger partial charge in [-0.05, 0) is 36.6 Å². The van der Waals surface area contributed by atoms with Crippen LogP contribution in [0, 0.1) is 11.7 Å². The molecule has 0 aliphatic heterocycles. The average molecular weight is 320 g/mol. The number of halogens is 1. The van der Waals surface area contributed by atoms with Crippen molar-refractivity contribution in [3.63, 3.8) is 0 Å². The van der Waals surface area contributed by atoms with Gasteiger partial charge < -0.3 is 14.6 Å². The van der Waals surface area contributed by atoms with Crippen LogP contribution < -0.4 is 5.32 Å². The van der Waals surface area contributed by atoms with Crippen molar-refractivity contribution in [2.75, 3.05) is 13.2 Å². The van der Waals surface area contributed by atoms with Gasteiger partial charge in [0.15, 0.2) is 5.76 Å². The molecule has 0 aliphatic rings. The summed E-state index contributed by atoms with van der Waals surface area (Å²) in [7, 11) is 0. The van der Waals surface area contributed by atoms with E-state index in [2.05, 4.69) is 24.3 Å². The molecule has 0 fully saturated rings. The van der Waals surface area contributed by atoms with E-state index in [9.17, 15) is 9.18 Å². The van der Waals surface area contributed by atoms with Crippen LogP contribution in [0.1, 0.15) is 26.0 Å². The van der Waals surface area contributed by atoms with Crippen LogP contribution in [0.3, 0.4) is 0 Å². The highest BCUT2D eigenvalue weighted by Crippen LogP contribution is 2.20. The van der Waals surface area contributed by atoms with E-state index >= 15 is 0 Å². The number of nitrogens with one attached hydrogen (secondary N) is 1. The Morgan fingerprint density at radius 1 is 1.35 bits per heavy atom. The second-order valence-electron chi connectivity index (χ2n) is 5.71. The zero-order valence-electron chi connectivity index (χ0n) is 13.3. The Hall–Kier alpha value is -2.21. The molecule has 1 aromatic carbocycles. The largest absolute Gasteiger partial charge is 0.365 e. The number of carbonyl (C=O) groups is 1. The minimum absolute atomic E-state index is 0.0170. The maximum absolute atomic E-state index is 12.9. The van der Waals surface area contributed by atoms with Gasteiger partial charge in [-0.15, -0.1) is 0 Å². The van der Waals surface area contributed by atoms with Crippen molar-refractivity contribution in [1.82, 2.24) is 10.5 Å². The van der Waals surface area contributed by atoms with E-state index in [-0.39, 0.29) is 24.9 Å². The summed E-state index contributed by atoms with van der Waals surface area (Å²) in [6.07, 6.45) is 0.941. The molecule has 2 aromatic rings. The van der Waals surface area contributed by atoms with Gasteiger partial charge in [0.05, 0.1) is 6.61 Å². The molecule has 0 aliphatic carbocycles. The molecule has 1 aromatic heterocycles. The SMILES string of the molecule is CC(C)CCNC(=O)COCc1cc(-c2ccc(F)cc2)on1. The van der Waals surface area contributed by atoms with Crippen LogP contribution in [0.15, 0.2) is 34.9 Å². The second kappa shape index (κ2) is 8.43. The molecule has 0 radical (unpaired) electrons. The Labute approximate surface area is 134 Å². The maximum Gasteiger partial charge on any atom is 0.246 e. The van der Waals surface area contributed by atoms with Gasteiger partial charge in [-0.2, -0.15) is 0 Å². The van der Waals surface area contributed by atoms with Gasteiger partial charge in [0, 0.05) is 18.2 Å². The average Bonchev–Trinajstić information content (AvgIpc) is 2.96. The molecular weight excluding hydrogens is 299 g/mol. The maximum atomic E-state index is 12.9. The van der Waals surface area contributed by atoms with E-state index < -0.39 is 0 Å². The molecule has 0 atom stereocenters. The van der Waals surface area contributed by atoms with E-state index in [0.29, 0.717) is 23.9 Å². The molecule has 0 unspecified atom stereocenters. The summed E-state index contributed by atoms with van der Waals surface area (Å²) < 4.78 is 23.4. The summed E-state index contributed by atoms with van der Waals surface area (Å²) in [5, 5.41) is 6.67. The Morgan fingerprint density at radius 2 is 2.09 bits per heavy atom. The number of hydrogen-bond donors (Lipinski definition) is 1. The Bertz CT molecular complexity index is 623.